The van der Waals surface area contributed by atoms with Gasteiger partial charge in [0.25, 0.3) is 5.91 Å². The van der Waals surface area contributed by atoms with Gasteiger partial charge >= 0.3 is 12.0 Å². The van der Waals surface area contributed by atoms with Crippen molar-refractivity contribution in [3.05, 3.63) is 58.2 Å². The summed E-state index contributed by atoms with van der Waals surface area (Å²) in [4.78, 5) is 69.8. The number of aryl methyl sites for hydroxylation is 1. The quantitative estimate of drug-likeness (QED) is 0.158. The first-order chi connectivity index (χ1) is 30.1. The molecule has 2 radical (unpaired) electrons. The van der Waals surface area contributed by atoms with Crippen LogP contribution in [0.1, 0.15) is 83.7 Å². The summed E-state index contributed by atoms with van der Waals surface area (Å²) >= 11 is 1.44. The largest absolute Gasteiger partial charge is 0.465 e. The molecule has 0 spiro atoms. The second kappa shape index (κ2) is 19.6. The van der Waals surface area contributed by atoms with Gasteiger partial charge in [-0.25, -0.2) is 9.78 Å². The number of cyclic esters (lactones) is 1. The minimum Gasteiger partial charge on any atom is -0.465 e. The van der Waals surface area contributed by atoms with Crippen LogP contribution in [0.5, 0.6) is 0 Å². The van der Waals surface area contributed by atoms with Crippen molar-refractivity contribution in [3.8, 4) is 22.5 Å². The van der Waals surface area contributed by atoms with Crippen molar-refractivity contribution in [1.29, 1.82) is 0 Å². The topological polar surface area (TPSA) is 160 Å². The Kier molecular flexibility index (Phi) is 14.4. The van der Waals surface area contributed by atoms with Crippen molar-refractivity contribution >= 4 is 55.7 Å². The van der Waals surface area contributed by atoms with E-state index in [-0.39, 0.29) is 58.7 Å². The fraction of sp³-hybridized carbons (Fsp3) is 0.565. The molecule has 15 nitrogen and oxygen atoms in total. The summed E-state index contributed by atoms with van der Waals surface area (Å²) in [5, 5.41) is 11.6. The number of amides is 4. The standard InChI is InChI=1S/C46H62N8O7SSi/c1-10-52-36-16-15-30-21-32(36)33(41(52)31-13-11-17-47-39(31)29(5)59-9)23-46(6,7)26-61-44(57)37-14-12-18-54(50-63-37)43(56)34(22-38-48-35(30)25-62-38)49-42(55)40(27(2)3)51(8)45(58)53-19-20-60-24-28(53)4/h11,13,15-17,21,25,27-29,34,37,40,50H,10,12,14,18-20,22-24,26H2,1-9H3,(H,49,55)/t28-,29-,34-,37-,40-/m0/s1. The molecule has 7 rings (SSSR count). The van der Waals surface area contributed by atoms with Gasteiger partial charge < -0.3 is 33.9 Å². The van der Waals surface area contributed by atoms with Gasteiger partial charge in [-0.1, -0.05) is 33.8 Å². The lowest BCUT2D eigenvalue weighted by Gasteiger charge is -2.39. The number of aromatic nitrogens is 3. The number of nitrogens with zero attached hydrogens (tertiary/aromatic N) is 6. The lowest BCUT2D eigenvalue weighted by Crippen LogP contribution is -2.61. The number of carbonyl (C=O) groups excluding carboxylic acids is 4. The number of fused-ring (bicyclic) bond motifs is 7. The number of esters is 1. The molecule has 6 bridgehead atoms. The third-order valence-electron chi connectivity index (χ3n) is 12.4. The summed E-state index contributed by atoms with van der Waals surface area (Å²) in [6, 6.07) is 8.20. The number of rotatable bonds is 8. The van der Waals surface area contributed by atoms with Crippen LogP contribution in [-0.2, 0) is 48.0 Å². The Bertz CT molecular complexity index is 2310. The summed E-state index contributed by atoms with van der Waals surface area (Å²) < 4.78 is 19.9. The van der Waals surface area contributed by atoms with Gasteiger partial charge in [0.2, 0.25) is 5.91 Å². The number of thiazole rings is 1. The van der Waals surface area contributed by atoms with Crippen LogP contribution in [0, 0.1) is 11.3 Å². The lowest BCUT2D eigenvalue weighted by atomic mass is 9.84. The number of morpholine rings is 1. The molecule has 0 unspecified atom stereocenters. The Labute approximate surface area is 377 Å². The molecule has 4 aromatic rings. The number of ether oxygens (including phenoxy) is 3. The summed E-state index contributed by atoms with van der Waals surface area (Å²) in [5.74, 6) is -1.32. The highest BCUT2D eigenvalue weighted by Gasteiger charge is 2.39. The minimum absolute atomic E-state index is 0.113. The first-order valence-electron chi connectivity index (χ1n) is 22.1. The Balaban J connectivity index is 1.29. The van der Waals surface area contributed by atoms with Gasteiger partial charge in [-0.3, -0.25) is 29.5 Å². The number of likely N-dealkylation sites (N-methyl/N-ethyl adjacent to an activating group) is 1. The Morgan fingerprint density at radius 2 is 1.97 bits per heavy atom. The molecule has 3 aliphatic heterocycles. The predicted molar refractivity (Wildman–Crippen MR) is 244 cm³/mol. The van der Waals surface area contributed by atoms with E-state index in [2.05, 4.69) is 60.0 Å². The third-order valence-corrected chi connectivity index (χ3v) is 14.6. The molecule has 17 heteroatoms. The van der Waals surface area contributed by atoms with Crippen LogP contribution in [-0.4, -0.2) is 128 Å². The number of urea groups is 1. The second-order valence-electron chi connectivity index (χ2n) is 18.1. The number of methoxy groups -OCH3 is 1. The summed E-state index contributed by atoms with van der Waals surface area (Å²) in [7, 11) is 3.22. The highest BCUT2D eigenvalue weighted by atomic mass is 32.1. The van der Waals surface area contributed by atoms with E-state index >= 15 is 0 Å². The molecule has 4 amide bonds. The number of carbonyl (C=O) groups is 4. The second-order valence-corrected chi connectivity index (χ2v) is 20.3. The van der Waals surface area contributed by atoms with Crippen molar-refractivity contribution in [1.82, 2.24) is 39.8 Å². The van der Waals surface area contributed by atoms with E-state index < -0.39 is 28.9 Å². The molecular weight excluding hydrogens is 837 g/mol. The Morgan fingerprint density at radius 3 is 2.70 bits per heavy atom. The fourth-order valence-electron chi connectivity index (χ4n) is 9.04. The average Bonchev–Trinajstić information content (AvgIpc) is 3.75. The first-order valence-corrected chi connectivity index (χ1v) is 24.1. The van der Waals surface area contributed by atoms with Gasteiger partial charge in [-0.05, 0) is 75.8 Å². The van der Waals surface area contributed by atoms with Gasteiger partial charge in [0, 0.05) is 79.2 Å². The number of pyridine rings is 1. The van der Waals surface area contributed by atoms with Crippen molar-refractivity contribution in [2.24, 2.45) is 11.3 Å². The van der Waals surface area contributed by atoms with E-state index in [0.717, 1.165) is 44.7 Å². The van der Waals surface area contributed by atoms with Crippen LogP contribution in [0.15, 0.2) is 41.9 Å². The van der Waals surface area contributed by atoms with Gasteiger partial charge in [0.15, 0.2) is 9.68 Å². The maximum absolute atomic E-state index is 14.6. The first kappa shape index (κ1) is 46.3. The lowest BCUT2D eigenvalue weighted by molar-refractivity contribution is -0.146. The number of hydrazine groups is 1. The minimum atomic E-state index is -1.01. The third kappa shape index (κ3) is 9.87. The molecule has 2 saturated heterocycles. The van der Waals surface area contributed by atoms with E-state index in [9.17, 15) is 19.2 Å². The summed E-state index contributed by atoms with van der Waals surface area (Å²) in [6.07, 6.45) is 3.40. The number of hydrogen-bond acceptors (Lipinski definition) is 11. The number of benzene rings is 1. The molecule has 3 aliphatic rings. The van der Waals surface area contributed by atoms with E-state index in [4.69, 9.17) is 24.2 Å². The van der Waals surface area contributed by atoms with Crippen LogP contribution >= 0.6 is 11.3 Å². The zero-order chi connectivity index (χ0) is 45.2. The molecule has 1 aromatic carbocycles. The zero-order valence-electron chi connectivity index (χ0n) is 38.0. The number of nitrogens with one attached hydrogen (secondary N) is 2. The van der Waals surface area contributed by atoms with Gasteiger partial charge in [0.05, 0.1) is 59.6 Å². The smallest absolute Gasteiger partial charge is 0.320 e. The molecule has 0 saturated carbocycles. The number of hydrogen-bond donors (Lipinski definition) is 2. The highest BCUT2D eigenvalue weighted by Crippen LogP contribution is 2.42. The molecular formula is C46H62N8O7SSi. The molecule has 0 aliphatic carbocycles. The van der Waals surface area contributed by atoms with Gasteiger partial charge in [-0.2, -0.15) is 0 Å². The molecule has 5 atom stereocenters. The van der Waals surface area contributed by atoms with E-state index in [1.807, 2.05) is 39.1 Å². The van der Waals surface area contributed by atoms with E-state index in [1.54, 1.807) is 25.3 Å². The monoisotopic (exact) mass is 898 g/mol. The summed E-state index contributed by atoms with van der Waals surface area (Å²) in [5.41, 5.74) is 5.84. The Hall–Kier alpha value is -4.68. The van der Waals surface area contributed by atoms with Crippen LogP contribution < -0.4 is 10.4 Å². The fourth-order valence-corrected chi connectivity index (χ4v) is 11.0. The molecule has 6 heterocycles. The van der Waals surface area contributed by atoms with Crippen molar-refractivity contribution in [2.75, 3.05) is 47.1 Å². The molecule has 63 heavy (non-hydrogen) atoms. The van der Waals surface area contributed by atoms with E-state index in [0.29, 0.717) is 57.1 Å². The molecule has 2 N–H and O–H groups in total. The van der Waals surface area contributed by atoms with Crippen LogP contribution in [0.2, 0.25) is 5.54 Å². The maximum Gasteiger partial charge on any atom is 0.320 e. The SMILES string of the molecule is CCn1c(-c2cccnc2[C@H](C)OC)c2c3cc(ccc31)-c1csc(n1)C[C@H](NC(=O)[C@H](C(C)C)N(C)C(=O)N1CCOC[C@@H]1C)C(=O)N1CCC[C@H]([Si]N1)C(=O)OCC(C)(C)C2. The highest BCUT2D eigenvalue weighted by molar-refractivity contribution is 7.10. The molecule has 3 aromatic heterocycles. The Morgan fingerprint density at radius 1 is 1.17 bits per heavy atom. The zero-order valence-corrected chi connectivity index (χ0v) is 39.8. The summed E-state index contributed by atoms with van der Waals surface area (Å²) in [6.45, 7) is 16.6. The van der Waals surface area contributed by atoms with E-state index in [1.165, 1.54) is 21.2 Å². The van der Waals surface area contributed by atoms with Crippen molar-refractivity contribution in [3.63, 3.8) is 0 Å². The predicted octanol–water partition coefficient (Wildman–Crippen LogP) is 6.04. The maximum atomic E-state index is 14.6. The van der Waals surface area contributed by atoms with Crippen molar-refractivity contribution in [2.45, 2.75) is 110 Å². The van der Waals surface area contributed by atoms with Gasteiger partial charge in [-0.15, -0.1) is 11.3 Å². The van der Waals surface area contributed by atoms with Crippen LogP contribution in [0.3, 0.4) is 0 Å². The van der Waals surface area contributed by atoms with Crippen molar-refractivity contribution < 1.29 is 33.4 Å². The average molecular weight is 899 g/mol. The molecule has 338 valence electrons. The van der Waals surface area contributed by atoms with Crippen LogP contribution in [0.25, 0.3) is 33.4 Å². The molecule has 2 fully saturated rings. The van der Waals surface area contributed by atoms with Gasteiger partial charge in [0.1, 0.15) is 12.1 Å². The normalized spacial score (nSPS) is 22.0. The van der Waals surface area contributed by atoms with Crippen LogP contribution in [0.4, 0.5) is 4.79 Å².